The molecule has 3 heteroatoms. The minimum atomic E-state index is 0.286. The van der Waals surface area contributed by atoms with Crippen molar-refractivity contribution in [3.05, 3.63) is 51.2 Å². The Morgan fingerprint density at radius 3 is 2.53 bits per heavy atom. The minimum absolute atomic E-state index is 0.286. The van der Waals surface area contributed by atoms with Crippen LogP contribution in [-0.4, -0.2) is 13.2 Å². The molecule has 0 aliphatic heterocycles. The van der Waals surface area contributed by atoms with E-state index in [-0.39, 0.29) is 5.92 Å². The number of rotatable bonds is 5. The summed E-state index contributed by atoms with van der Waals surface area (Å²) in [5.74, 6) is 1.22. The van der Waals surface area contributed by atoms with Gasteiger partial charge in [-0.05, 0) is 56.2 Å². The van der Waals surface area contributed by atoms with E-state index in [1.165, 1.54) is 20.9 Å². The summed E-state index contributed by atoms with van der Waals surface area (Å²) in [5.41, 5.74) is 8.53. The van der Waals surface area contributed by atoms with E-state index in [0.717, 1.165) is 5.75 Å². The van der Waals surface area contributed by atoms with Crippen molar-refractivity contribution in [2.75, 3.05) is 13.2 Å². The van der Waals surface area contributed by atoms with Gasteiger partial charge in [-0.3, -0.25) is 0 Å². The molecular formula is C16H21NOS. The van der Waals surface area contributed by atoms with Crippen LogP contribution in [0.5, 0.6) is 5.75 Å². The molecule has 0 spiro atoms. The maximum atomic E-state index is 5.99. The third kappa shape index (κ3) is 3.17. The topological polar surface area (TPSA) is 35.2 Å². The van der Waals surface area contributed by atoms with E-state index in [2.05, 4.69) is 38.1 Å². The van der Waals surface area contributed by atoms with Crippen LogP contribution in [0.4, 0.5) is 0 Å². The Bertz CT molecular complexity index is 547. The van der Waals surface area contributed by atoms with Crippen LogP contribution in [0, 0.1) is 13.8 Å². The fraction of sp³-hybridized carbons (Fsp3) is 0.375. The zero-order valence-corrected chi connectivity index (χ0v) is 12.6. The zero-order valence-electron chi connectivity index (χ0n) is 11.8. The summed E-state index contributed by atoms with van der Waals surface area (Å²) in [5, 5.41) is 0. The SMILES string of the molecule is CCOc1ccc(C(CN)c2ccc(C)s2)c(C)c1. The standard InChI is InChI=1S/C16H21NOS/c1-4-18-13-6-7-14(11(2)9-13)15(10-17)16-8-5-12(3)19-16/h5-9,15H,4,10,17H2,1-3H3. The zero-order chi connectivity index (χ0) is 13.8. The van der Waals surface area contributed by atoms with Gasteiger partial charge >= 0.3 is 0 Å². The van der Waals surface area contributed by atoms with Crippen molar-refractivity contribution in [1.82, 2.24) is 0 Å². The molecule has 0 aliphatic carbocycles. The maximum absolute atomic E-state index is 5.99. The molecular weight excluding hydrogens is 254 g/mol. The first-order valence-electron chi connectivity index (χ1n) is 6.65. The van der Waals surface area contributed by atoms with Crippen LogP contribution in [0.3, 0.4) is 0 Å². The van der Waals surface area contributed by atoms with Crippen molar-refractivity contribution >= 4 is 11.3 Å². The molecule has 1 aromatic heterocycles. The van der Waals surface area contributed by atoms with Crippen LogP contribution in [-0.2, 0) is 0 Å². The highest BCUT2D eigenvalue weighted by atomic mass is 32.1. The molecule has 2 rings (SSSR count). The molecule has 0 saturated heterocycles. The summed E-state index contributed by atoms with van der Waals surface area (Å²) in [6.07, 6.45) is 0. The second-order valence-corrected chi connectivity index (χ2v) is 6.01. The van der Waals surface area contributed by atoms with Crippen LogP contribution >= 0.6 is 11.3 Å². The van der Waals surface area contributed by atoms with E-state index in [0.29, 0.717) is 13.2 Å². The van der Waals surface area contributed by atoms with Gasteiger partial charge in [-0.25, -0.2) is 0 Å². The minimum Gasteiger partial charge on any atom is -0.494 e. The number of benzene rings is 1. The second-order valence-electron chi connectivity index (χ2n) is 4.69. The molecule has 2 N–H and O–H groups in total. The van der Waals surface area contributed by atoms with Crippen LogP contribution < -0.4 is 10.5 Å². The number of ether oxygens (including phenoxy) is 1. The fourth-order valence-corrected chi connectivity index (χ4v) is 3.34. The highest BCUT2D eigenvalue weighted by molar-refractivity contribution is 7.12. The third-order valence-corrected chi connectivity index (χ3v) is 4.38. The molecule has 0 radical (unpaired) electrons. The van der Waals surface area contributed by atoms with Crippen LogP contribution in [0.15, 0.2) is 30.3 Å². The number of hydrogen-bond acceptors (Lipinski definition) is 3. The van der Waals surface area contributed by atoms with Gasteiger partial charge in [0.2, 0.25) is 0 Å². The summed E-state index contributed by atoms with van der Waals surface area (Å²) >= 11 is 1.83. The first kappa shape index (κ1) is 14.1. The number of nitrogens with two attached hydrogens (primary N) is 1. The lowest BCUT2D eigenvalue weighted by Crippen LogP contribution is -2.13. The van der Waals surface area contributed by atoms with Gasteiger partial charge in [0.1, 0.15) is 5.75 Å². The molecule has 0 fully saturated rings. The van der Waals surface area contributed by atoms with Crippen LogP contribution in [0.1, 0.15) is 33.7 Å². The molecule has 19 heavy (non-hydrogen) atoms. The summed E-state index contributed by atoms with van der Waals surface area (Å²) in [6.45, 7) is 7.59. The number of aryl methyl sites for hydroxylation is 2. The maximum Gasteiger partial charge on any atom is 0.119 e. The summed E-state index contributed by atoms with van der Waals surface area (Å²) < 4.78 is 5.54. The smallest absolute Gasteiger partial charge is 0.119 e. The van der Waals surface area contributed by atoms with E-state index in [9.17, 15) is 0 Å². The molecule has 1 unspecified atom stereocenters. The summed E-state index contributed by atoms with van der Waals surface area (Å²) in [6, 6.07) is 10.6. The van der Waals surface area contributed by atoms with Crippen LogP contribution in [0.25, 0.3) is 0 Å². The second kappa shape index (κ2) is 6.22. The molecule has 0 saturated carbocycles. The predicted octanol–water partition coefficient (Wildman–Crippen LogP) is 3.85. The van der Waals surface area contributed by atoms with Crippen molar-refractivity contribution < 1.29 is 4.74 Å². The molecule has 0 aliphatic rings. The molecule has 102 valence electrons. The Labute approximate surface area is 119 Å². The largest absolute Gasteiger partial charge is 0.494 e. The molecule has 1 atom stereocenters. The first-order valence-corrected chi connectivity index (χ1v) is 7.47. The first-order chi connectivity index (χ1) is 9.15. The van der Waals surface area contributed by atoms with Gasteiger partial charge in [-0.15, -0.1) is 11.3 Å². The lowest BCUT2D eigenvalue weighted by atomic mass is 9.93. The Hall–Kier alpha value is -1.32. The Kier molecular flexibility index (Phi) is 4.61. The van der Waals surface area contributed by atoms with Crippen LogP contribution in [0.2, 0.25) is 0 Å². The summed E-state index contributed by atoms with van der Waals surface area (Å²) in [4.78, 5) is 2.67. The average Bonchev–Trinajstić information content (AvgIpc) is 2.80. The third-order valence-electron chi connectivity index (χ3n) is 3.27. The fourth-order valence-electron chi connectivity index (χ4n) is 2.33. The van der Waals surface area contributed by atoms with Gasteiger partial charge in [0, 0.05) is 22.2 Å². The molecule has 2 aromatic rings. The van der Waals surface area contributed by atoms with E-state index in [1.807, 2.05) is 24.3 Å². The molecule has 1 heterocycles. The molecule has 0 amide bonds. The average molecular weight is 275 g/mol. The van der Waals surface area contributed by atoms with Gasteiger partial charge in [0.15, 0.2) is 0 Å². The van der Waals surface area contributed by atoms with Crippen molar-refractivity contribution in [1.29, 1.82) is 0 Å². The van der Waals surface area contributed by atoms with Gasteiger partial charge in [0.25, 0.3) is 0 Å². The molecule has 1 aromatic carbocycles. The quantitative estimate of drug-likeness (QED) is 0.899. The Morgan fingerprint density at radius 1 is 1.21 bits per heavy atom. The van der Waals surface area contributed by atoms with E-state index >= 15 is 0 Å². The monoisotopic (exact) mass is 275 g/mol. The van der Waals surface area contributed by atoms with Gasteiger partial charge in [-0.2, -0.15) is 0 Å². The predicted molar refractivity (Wildman–Crippen MR) is 82.3 cm³/mol. The highest BCUT2D eigenvalue weighted by Crippen LogP contribution is 2.32. The van der Waals surface area contributed by atoms with E-state index < -0.39 is 0 Å². The Morgan fingerprint density at radius 2 is 2.00 bits per heavy atom. The Balaban J connectivity index is 2.33. The lowest BCUT2D eigenvalue weighted by molar-refractivity contribution is 0.340. The van der Waals surface area contributed by atoms with Gasteiger partial charge in [-0.1, -0.05) is 6.07 Å². The van der Waals surface area contributed by atoms with Crippen molar-refractivity contribution in [3.63, 3.8) is 0 Å². The van der Waals surface area contributed by atoms with E-state index in [1.54, 1.807) is 0 Å². The van der Waals surface area contributed by atoms with Gasteiger partial charge in [0.05, 0.1) is 6.61 Å². The number of thiophene rings is 1. The molecule has 0 bridgehead atoms. The van der Waals surface area contributed by atoms with Crippen molar-refractivity contribution in [3.8, 4) is 5.75 Å². The molecule has 2 nitrogen and oxygen atoms in total. The van der Waals surface area contributed by atoms with E-state index in [4.69, 9.17) is 10.5 Å². The van der Waals surface area contributed by atoms with Gasteiger partial charge < -0.3 is 10.5 Å². The highest BCUT2D eigenvalue weighted by Gasteiger charge is 2.16. The summed E-state index contributed by atoms with van der Waals surface area (Å²) in [7, 11) is 0. The normalized spacial score (nSPS) is 12.4. The van der Waals surface area contributed by atoms with Crippen molar-refractivity contribution in [2.45, 2.75) is 26.7 Å². The number of hydrogen-bond donors (Lipinski definition) is 1. The lowest BCUT2D eigenvalue weighted by Gasteiger charge is -2.17. The van der Waals surface area contributed by atoms with Crippen molar-refractivity contribution in [2.24, 2.45) is 5.73 Å².